The highest BCUT2D eigenvalue weighted by atomic mass is 32.2. The zero-order chi connectivity index (χ0) is 24.6. The van der Waals surface area contributed by atoms with Crippen molar-refractivity contribution in [1.82, 2.24) is 14.9 Å². The molecule has 2 N–H and O–H groups in total. The maximum Gasteiger partial charge on any atom is 0.416 e. The third-order valence-corrected chi connectivity index (χ3v) is 6.03. The molecule has 1 aromatic carbocycles. The molecule has 0 bridgehead atoms. The molecule has 0 unspecified atom stereocenters. The van der Waals surface area contributed by atoms with Gasteiger partial charge in [-0.1, -0.05) is 6.07 Å². The number of sulfonamides is 1. The molecule has 0 atom stereocenters. The van der Waals surface area contributed by atoms with E-state index in [1.54, 1.807) is 6.92 Å². The van der Waals surface area contributed by atoms with Gasteiger partial charge in [-0.25, -0.2) is 13.2 Å². The van der Waals surface area contributed by atoms with Crippen LogP contribution in [-0.4, -0.2) is 70.2 Å². The number of amides is 2. The summed E-state index contributed by atoms with van der Waals surface area (Å²) in [4.78, 5) is 36.2. The number of halogens is 3. The second-order valence-electron chi connectivity index (χ2n) is 7.04. The minimum Gasteiger partial charge on any atom is -0.455 e. The van der Waals surface area contributed by atoms with Crippen molar-refractivity contribution in [1.29, 1.82) is 0 Å². The predicted molar refractivity (Wildman–Crippen MR) is 107 cm³/mol. The molecular formula is C19H24F3N3O7S. The van der Waals surface area contributed by atoms with E-state index in [-0.39, 0.29) is 12.6 Å². The fraction of sp³-hybridized carbons (Fsp3) is 0.526. The second kappa shape index (κ2) is 11.3. The van der Waals surface area contributed by atoms with Crippen molar-refractivity contribution < 1.29 is 45.4 Å². The van der Waals surface area contributed by atoms with Crippen LogP contribution in [0.25, 0.3) is 0 Å². The number of likely N-dealkylation sites (tertiary alicyclic amines) is 1. The monoisotopic (exact) mass is 495 g/mol. The van der Waals surface area contributed by atoms with Crippen molar-refractivity contribution in [2.75, 3.05) is 32.8 Å². The molecule has 14 heteroatoms. The van der Waals surface area contributed by atoms with Crippen LogP contribution >= 0.6 is 0 Å². The molecule has 1 fully saturated rings. The maximum absolute atomic E-state index is 12.7. The van der Waals surface area contributed by atoms with Crippen LogP contribution in [0.1, 0.15) is 25.3 Å². The van der Waals surface area contributed by atoms with E-state index in [1.165, 1.54) is 4.90 Å². The van der Waals surface area contributed by atoms with Gasteiger partial charge in [-0.05, 0) is 38.0 Å². The van der Waals surface area contributed by atoms with Crippen LogP contribution in [0.2, 0.25) is 0 Å². The van der Waals surface area contributed by atoms with Crippen molar-refractivity contribution in [3.05, 3.63) is 29.8 Å². The van der Waals surface area contributed by atoms with Gasteiger partial charge in [-0.15, -0.1) is 0 Å². The van der Waals surface area contributed by atoms with Crippen LogP contribution in [0.5, 0.6) is 0 Å². The van der Waals surface area contributed by atoms with Crippen molar-refractivity contribution in [2.45, 2.75) is 36.9 Å². The van der Waals surface area contributed by atoms with Gasteiger partial charge >= 0.3 is 18.2 Å². The lowest BCUT2D eigenvalue weighted by Gasteiger charge is -2.31. The number of benzene rings is 1. The van der Waals surface area contributed by atoms with Crippen LogP contribution in [0.3, 0.4) is 0 Å². The Morgan fingerprint density at radius 3 is 2.42 bits per heavy atom. The molecule has 1 saturated heterocycles. The average molecular weight is 495 g/mol. The van der Waals surface area contributed by atoms with E-state index in [0.717, 1.165) is 12.1 Å². The van der Waals surface area contributed by atoms with Gasteiger partial charge in [0.2, 0.25) is 10.0 Å². The summed E-state index contributed by atoms with van der Waals surface area (Å²) in [6.07, 6.45) is -4.19. The van der Waals surface area contributed by atoms with Crippen LogP contribution in [-0.2, 0) is 35.3 Å². The van der Waals surface area contributed by atoms with Crippen molar-refractivity contribution in [2.24, 2.45) is 0 Å². The molecule has 10 nitrogen and oxygen atoms in total. The summed E-state index contributed by atoms with van der Waals surface area (Å²) >= 11 is 0. The number of hydrogen-bond acceptors (Lipinski definition) is 7. The summed E-state index contributed by atoms with van der Waals surface area (Å²) in [5.74, 6) is -1.70. The molecule has 184 valence electrons. The van der Waals surface area contributed by atoms with Gasteiger partial charge in [0.25, 0.3) is 5.91 Å². The Morgan fingerprint density at radius 2 is 1.82 bits per heavy atom. The SMILES string of the molecule is CCOC(=O)N1CCC(NC(=O)COC(=O)CNS(=O)(=O)c2cccc(C(F)(F)F)c2)CC1. The number of carbonyl (C=O) groups is 3. The molecule has 0 spiro atoms. The maximum atomic E-state index is 12.7. The van der Waals surface area contributed by atoms with Gasteiger partial charge in [0.1, 0.15) is 6.54 Å². The van der Waals surface area contributed by atoms with E-state index in [9.17, 15) is 36.0 Å². The first kappa shape index (κ1) is 26.4. The molecule has 1 aliphatic rings. The summed E-state index contributed by atoms with van der Waals surface area (Å²) in [7, 11) is -4.41. The van der Waals surface area contributed by atoms with Crippen LogP contribution < -0.4 is 10.0 Å². The first-order valence-corrected chi connectivity index (χ1v) is 11.4. The van der Waals surface area contributed by atoms with Crippen molar-refractivity contribution in [3.8, 4) is 0 Å². The first-order chi connectivity index (χ1) is 15.4. The largest absolute Gasteiger partial charge is 0.455 e. The van der Waals surface area contributed by atoms with Gasteiger partial charge in [-0.2, -0.15) is 17.9 Å². The third kappa shape index (κ3) is 8.20. The number of ether oxygens (including phenoxy) is 2. The number of rotatable bonds is 8. The lowest BCUT2D eigenvalue weighted by molar-refractivity contribution is -0.147. The molecule has 1 aromatic rings. The molecule has 2 rings (SSSR count). The number of nitrogens with one attached hydrogen (secondary N) is 2. The van der Waals surface area contributed by atoms with Gasteiger partial charge in [0.15, 0.2) is 6.61 Å². The van der Waals surface area contributed by atoms with Crippen molar-refractivity contribution in [3.63, 3.8) is 0 Å². The molecule has 2 amide bonds. The predicted octanol–water partition coefficient (Wildman–Crippen LogP) is 1.26. The van der Waals surface area contributed by atoms with Crippen molar-refractivity contribution >= 4 is 28.0 Å². The minimum absolute atomic E-state index is 0.235. The zero-order valence-electron chi connectivity index (χ0n) is 17.7. The quantitative estimate of drug-likeness (QED) is 0.519. The molecule has 33 heavy (non-hydrogen) atoms. The fourth-order valence-corrected chi connectivity index (χ4v) is 3.98. The number of hydrogen-bond donors (Lipinski definition) is 2. The van der Waals surface area contributed by atoms with Gasteiger partial charge < -0.3 is 19.7 Å². The number of piperidine rings is 1. The fourth-order valence-electron chi connectivity index (χ4n) is 2.96. The lowest BCUT2D eigenvalue weighted by Crippen LogP contribution is -2.47. The molecule has 0 radical (unpaired) electrons. The van der Waals surface area contributed by atoms with Gasteiger partial charge in [0, 0.05) is 19.1 Å². The van der Waals surface area contributed by atoms with Crippen LogP contribution in [0.15, 0.2) is 29.2 Å². The van der Waals surface area contributed by atoms with E-state index in [2.05, 4.69) is 5.32 Å². The number of carbonyl (C=O) groups excluding carboxylic acids is 3. The molecule has 1 aliphatic heterocycles. The topological polar surface area (TPSA) is 131 Å². The number of nitrogens with zero attached hydrogens (tertiary/aromatic N) is 1. The van der Waals surface area contributed by atoms with E-state index < -0.39 is 57.8 Å². The molecule has 0 aliphatic carbocycles. The lowest BCUT2D eigenvalue weighted by atomic mass is 10.1. The third-order valence-electron chi connectivity index (χ3n) is 4.63. The minimum atomic E-state index is -4.73. The summed E-state index contributed by atoms with van der Waals surface area (Å²) in [6, 6.07) is 2.79. The Labute approximate surface area is 188 Å². The Morgan fingerprint density at radius 1 is 1.15 bits per heavy atom. The Hall–Kier alpha value is -2.87. The highest BCUT2D eigenvalue weighted by Crippen LogP contribution is 2.30. The normalized spacial score (nSPS) is 15.1. The highest BCUT2D eigenvalue weighted by Gasteiger charge is 2.32. The summed E-state index contributed by atoms with van der Waals surface area (Å²) < 4.78 is 73.9. The average Bonchev–Trinajstić information content (AvgIpc) is 2.76. The summed E-state index contributed by atoms with van der Waals surface area (Å²) in [5.41, 5.74) is -1.15. The summed E-state index contributed by atoms with van der Waals surface area (Å²) in [5, 5.41) is 2.64. The number of esters is 1. The van der Waals surface area contributed by atoms with Crippen LogP contribution in [0.4, 0.5) is 18.0 Å². The molecule has 0 aromatic heterocycles. The smallest absolute Gasteiger partial charge is 0.416 e. The molecule has 1 heterocycles. The Bertz CT molecular complexity index is 962. The Kier molecular flexibility index (Phi) is 9.05. The standard InChI is InChI=1S/C19H24F3N3O7S/c1-2-31-18(28)25-8-6-14(7-9-25)24-16(26)12-32-17(27)11-23-33(29,30)15-5-3-4-13(10-15)19(20,21)22/h3-5,10,14,23H,2,6-9,11-12H2,1H3,(H,24,26). The van der Waals surface area contributed by atoms with E-state index in [4.69, 9.17) is 9.47 Å². The van der Waals surface area contributed by atoms with E-state index in [1.807, 2.05) is 4.72 Å². The Balaban J connectivity index is 1.75. The van der Waals surface area contributed by atoms with Gasteiger partial charge in [0.05, 0.1) is 17.1 Å². The first-order valence-electron chi connectivity index (χ1n) is 9.96. The van der Waals surface area contributed by atoms with E-state index in [0.29, 0.717) is 38.1 Å². The molecular weight excluding hydrogens is 471 g/mol. The second-order valence-corrected chi connectivity index (χ2v) is 8.81. The zero-order valence-corrected chi connectivity index (χ0v) is 18.5. The summed E-state index contributed by atoms with van der Waals surface area (Å²) in [6.45, 7) is 1.20. The van der Waals surface area contributed by atoms with Crippen LogP contribution in [0, 0.1) is 0 Å². The highest BCUT2D eigenvalue weighted by molar-refractivity contribution is 7.89. The van der Waals surface area contributed by atoms with E-state index >= 15 is 0 Å². The molecule has 0 saturated carbocycles. The van der Waals surface area contributed by atoms with Gasteiger partial charge in [-0.3, -0.25) is 9.59 Å². The number of alkyl halides is 3.